The molecule has 0 radical (unpaired) electrons. The van der Waals surface area contributed by atoms with Crippen molar-refractivity contribution in [3.05, 3.63) is 47.2 Å². The first-order chi connectivity index (χ1) is 9.80. The lowest BCUT2D eigenvalue weighted by Crippen LogP contribution is -2.03. The molecule has 0 aliphatic heterocycles. The molecule has 0 fully saturated rings. The first-order valence-electron chi connectivity index (χ1n) is 6.84. The second kappa shape index (κ2) is 5.85. The van der Waals surface area contributed by atoms with Gasteiger partial charge in [-0.3, -0.25) is 0 Å². The maximum absolute atomic E-state index is 5.87. The van der Waals surface area contributed by atoms with E-state index in [0.717, 1.165) is 34.1 Å². The van der Waals surface area contributed by atoms with E-state index in [1.54, 1.807) is 18.9 Å². The summed E-state index contributed by atoms with van der Waals surface area (Å²) in [6.45, 7) is 0.540. The quantitative estimate of drug-likeness (QED) is 0.937. The predicted molar refractivity (Wildman–Crippen MR) is 81.3 cm³/mol. The van der Waals surface area contributed by atoms with E-state index in [9.17, 15) is 0 Å². The van der Waals surface area contributed by atoms with Crippen LogP contribution in [0.5, 0.6) is 5.75 Å². The van der Waals surface area contributed by atoms with Crippen molar-refractivity contribution in [2.45, 2.75) is 35.7 Å². The van der Waals surface area contributed by atoms with Gasteiger partial charge in [0.1, 0.15) is 10.8 Å². The molecule has 3 nitrogen and oxygen atoms in total. The molecule has 1 aliphatic rings. The van der Waals surface area contributed by atoms with Crippen molar-refractivity contribution < 1.29 is 4.74 Å². The summed E-state index contributed by atoms with van der Waals surface area (Å²) >= 11 is 1.68. The predicted octanol–water partition coefficient (Wildman–Crippen LogP) is 3.19. The third-order valence-electron chi connectivity index (χ3n) is 3.58. The fraction of sp³-hybridized carbons (Fsp3) is 0.312. The number of nitrogens with two attached hydrogens (primary N) is 1. The highest BCUT2D eigenvalue weighted by molar-refractivity contribution is 7.99. The van der Waals surface area contributed by atoms with E-state index in [0.29, 0.717) is 6.54 Å². The van der Waals surface area contributed by atoms with Crippen molar-refractivity contribution in [3.8, 4) is 5.75 Å². The highest BCUT2D eigenvalue weighted by atomic mass is 32.2. The van der Waals surface area contributed by atoms with Crippen LogP contribution in [0.2, 0.25) is 0 Å². The number of hydrogen-bond acceptors (Lipinski definition) is 4. The summed E-state index contributed by atoms with van der Waals surface area (Å²) < 4.78 is 5.18. The number of benzene rings is 1. The number of nitrogens with zero attached hydrogens (tertiary/aromatic N) is 1. The molecular weight excluding hydrogens is 268 g/mol. The molecule has 104 valence electrons. The van der Waals surface area contributed by atoms with Gasteiger partial charge in [0.25, 0.3) is 0 Å². The smallest absolute Gasteiger partial charge is 0.118 e. The summed E-state index contributed by atoms with van der Waals surface area (Å²) in [7, 11) is 1.68. The zero-order chi connectivity index (χ0) is 13.9. The van der Waals surface area contributed by atoms with E-state index in [1.165, 1.54) is 17.7 Å². The van der Waals surface area contributed by atoms with Crippen LogP contribution in [-0.4, -0.2) is 12.1 Å². The molecule has 20 heavy (non-hydrogen) atoms. The zero-order valence-corrected chi connectivity index (χ0v) is 12.4. The third-order valence-corrected chi connectivity index (χ3v) is 4.64. The Morgan fingerprint density at radius 3 is 2.75 bits per heavy atom. The Morgan fingerprint density at radius 1 is 1.25 bits per heavy atom. The molecule has 4 heteroatoms. The average molecular weight is 286 g/mol. The van der Waals surface area contributed by atoms with Crippen LogP contribution in [0.4, 0.5) is 0 Å². The van der Waals surface area contributed by atoms with Gasteiger partial charge in [0.05, 0.1) is 7.11 Å². The standard InChI is InChI=1S/C16H18N2OS/c1-19-13-5-7-14(8-6-13)20-16-12(10-17)9-11-3-2-4-15(11)18-16/h5-9H,2-4,10,17H2,1H3. The molecule has 2 N–H and O–H groups in total. The van der Waals surface area contributed by atoms with Crippen molar-refractivity contribution in [1.29, 1.82) is 0 Å². The van der Waals surface area contributed by atoms with Gasteiger partial charge in [-0.15, -0.1) is 0 Å². The minimum absolute atomic E-state index is 0.540. The number of methoxy groups -OCH3 is 1. The highest BCUT2D eigenvalue weighted by Crippen LogP contribution is 2.33. The monoisotopic (exact) mass is 286 g/mol. The topological polar surface area (TPSA) is 48.1 Å². The van der Waals surface area contributed by atoms with E-state index in [4.69, 9.17) is 15.5 Å². The fourth-order valence-electron chi connectivity index (χ4n) is 2.49. The second-order valence-electron chi connectivity index (χ2n) is 4.89. The van der Waals surface area contributed by atoms with Crippen molar-refractivity contribution in [2.75, 3.05) is 7.11 Å². The van der Waals surface area contributed by atoms with Gasteiger partial charge in [0.2, 0.25) is 0 Å². The summed E-state index contributed by atoms with van der Waals surface area (Å²) in [4.78, 5) is 5.97. The van der Waals surface area contributed by atoms with E-state index in [2.05, 4.69) is 18.2 Å². The number of rotatable bonds is 4. The number of ether oxygens (including phenoxy) is 1. The van der Waals surface area contributed by atoms with Crippen LogP contribution in [0.25, 0.3) is 0 Å². The van der Waals surface area contributed by atoms with E-state index < -0.39 is 0 Å². The molecule has 0 amide bonds. The Labute approximate surface area is 123 Å². The molecule has 1 heterocycles. The summed E-state index contributed by atoms with van der Waals surface area (Å²) in [6, 6.07) is 10.3. The lowest BCUT2D eigenvalue weighted by Gasteiger charge is -2.10. The van der Waals surface area contributed by atoms with Crippen molar-refractivity contribution in [2.24, 2.45) is 5.73 Å². The summed E-state index contributed by atoms with van der Waals surface area (Å²) in [5.41, 5.74) is 9.64. The van der Waals surface area contributed by atoms with E-state index in [-0.39, 0.29) is 0 Å². The summed E-state index contributed by atoms with van der Waals surface area (Å²) in [5.74, 6) is 0.871. The molecule has 0 bridgehead atoms. The second-order valence-corrected chi connectivity index (χ2v) is 5.96. The highest BCUT2D eigenvalue weighted by Gasteiger charge is 2.16. The van der Waals surface area contributed by atoms with Crippen LogP contribution in [-0.2, 0) is 19.4 Å². The molecule has 2 aromatic rings. The first kappa shape index (κ1) is 13.5. The Balaban J connectivity index is 1.89. The van der Waals surface area contributed by atoms with Crippen LogP contribution in [0.15, 0.2) is 40.3 Å². The minimum atomic E-state index is 0.540. The average Bonchev–Trinajstić information content (AvgIpc) is 2.94. The Bertz CT molecular complexity index is 611. The van der Waals surface area contributed by atoms with Crippen LogP contribution >= 0.6 is 11.8 Å². The number of aryl methyl sites for hydroxylation is 2. The number of fused-ring (bicyclic) bond motifs is 1. The molecule has 0 saturated heterocycles. The zero-order valence-electron chi connectivity index (χ0n) is 11.6. The van der Waals surface area contributed by atoms with E-state index in [1.807, 2.05) is 12.1 Å². The molecule has 0 unspecified atom stereocenters. The number of aromatic nitrogens is 1. The lowest BCUT2D eigenvalue weighted by atomic mass is 10.1. The van der Waals surface area contributed by atoms with Gasteiger partial charge in [-0.2, -0.15) is 0 Å². The Kier molecular flexibility index (Phi) is 3.94. The Hall–Kier alpha value is -1.52. The maximum Gasteiger partial charge on any atom is 0.118 e. The van der Waals surface area contributed by atoms with Crippen molar-refractivity contribution in [3.63, 3.8) is 0 Å². The Morgan fingerprint density at radius 2 is 2.05 bits per heavy atom. The molecule has 3 rings (SSSR count). The van der Waals surface area contributed by atoms with Crippen LogP contribution < -0.4 is 10.5 Å². The van der Waals surface area contributed by atoms with Gasteiger partial charge >= 0.3 is 0 Å². The lowest BCUT2D eigenvalue weighted by molar-refractivity contribution is 0.414. The molecule has 0 spiro atoms. The van der Waals surface area contributed by atoms with Crippen molar-refractivity contribution >= 4 is 11.8 Å². The summed E-state index contributed by atoms with van der Waals surface area (Å²) in [6.07, 6.45) is 3.45. The number of hydrogen-bond donors (Lipinski definition) is 1. The third kappa shape index (κ3) is 2.67. The first-order valence-corrected chi connectivity index (χ1v) is 7.65. The van der Waals surface area contributed by atoms with Gasteiger partial charge < -0.3 is 10.5 Å². The van der Waals surface area contributed by atoms with Crippen LogP contribution in [0.1, 0.15) is 23.2 Å². The molecular formula is C16H18N2OS. The van der Waals surface area contributed by atoms with Crippen molar-refractivity contribution in [1.82, 2.24) is 4.98 Å². The minimum Gasteiger partial charge on any atom is -0.497 e. The molecule has 0 atom stereocenters. The van der Waals surface area contributed by atoms with Gasteiger partial charge in [-0.05, 0) is 54.7 Å². The fourth-order valence-corrected chi connectivity index (χ4v) is 3.42. The normalized spacial score (nSPS) is 13.3. The maximum atomic E-state index is 5.87. The van der Waals surface area contributed by atoms with Gasteiger partial charge in [-0.25, -0.2) is 4.98 Å². The van der Waals surface area contributed by atoms with Gasteiger partial charge in [0.15, 0.2) is 0 Å². The van der Waals surface area contributed by atoms with E-state index >= 15 is 0 Å². The van der Waals surface area contributed by atoms with Gasteiger partial charge in [0, 0.05) is 17.1 Å². The summed E-state index contributed by atoms with van der Waals surface area (Å²) in [5, 5.41) is 1.04. The van der Waals surface area contributed by atoms with Crippen LogP contribution in [0, 0.1) is 0 Å². The van der Waals surface area contributed by atoms with Gasteiger partial charge in [-0.1, -0.05) is 17.8 Å². The molecule has 1 aromatic heterocycles. The molecule has 1 aliphatic carbocycles. The largest absolute Gasteiger partial charge is 0.497 e. The molecule has 0 saturated carbocycles. The number of pyridine rings is 1. The SMILES string of the molecule is COc1ccc(Sc2nc3c(cc2CN)CCC3)cc1. The molecule has 1 aromatic carbocycles. The van der Waals surface area contributed by atoms with Crippen LogP contribution in [0.3, 0.4) is 0 Å².